The van der Waals surface area contributed by atoms with Gasteiger partial charge in [-0.2, -0.15) is 0 Å². The van der Waals surface area contributed by atoms with Crippen LogP contribution in [-0.4, -0.2) is 45.8 Å². The topological polar surface area (TPSA) is 105 Å². The average molecular weight is 424 g/mol. The first-order valence-corrected chi connectivity index (χ1v) is 10.2. The lowest BCUT2D eigenvalue weighted by Gasteiger charge is -2.19. The van der Waals surface area contributed by atoms with E-state index in [1.54, 1.807) is 7.05 Å². The lowest BCUT2D eigenvalue weighted by Crippen LogP contribution is -2.38. The van der Waals surface area contributed by atoms with Gasteiger partial charge in [-0.3, -0.25) is 14.7 Å². The Morgan fingerprint density at radius 3 is 2.58 bits per heavy atom. The van der Waals surface area contributed by atoms with Crippen LogP contribution in [0.4, 0.5) is 10.5 Å². The maximum absolute atomic E-state index is 11.8. The number of amides is 1. The highest BCUT2D eigenvalue weighted by Crippen LogP contribution is 2.13. The Morgan fingerprint density at radius 2 is 1.87 bits per heavy atom. The summed E-state index contributed by atoms with van der Waals surface area (Å²) in [4.78, 5) is 16.1. The zero-order valence-corrected chi connectivity index (χ0v) is 18.3. The third-order valence-corrected chi connectivity index (χ3v) is 4.33. The Hall–Kier alpha value is -3.62. The van der Waals surface area contributed by atoms with E-state index in [0.717, 1.165) is 23.5 Å². The second-order valence-electron chi connectivity index (χ2n) is 7.97. The number of nitrogens with zero attached hydrogens (tertiary/aromatic N) is 4. The molecule has 0 aliphatic heterocycles. The van der Waals surface area contributed by atoms with Crippen molar-refractivity contribution in [2.75, 3.05) is 18.9 Å². The van der Waals surface area contributed by atoms with Crippen LogP contribution in [0.3, 0.4) is 0 Å². The summed E-state index contributed by atoms with van der Waals surface area (Å²) < 4.78 is 7.20. The van der Waals surface area contributed by atoms with Crippen molar-refractivity contribution in [1.82, 2.24) is 25.2 Å². The Morgan fingerprint density at radius 1 is 1.10 bits per heavy atom. The number of benzene rings is 1. The molecule has 0 bridgehead atoms. The van der Waals surface area contributed by atoms with Gasteiger partial charge in [0.15, 0.2) is 17.4 Å². The number of aliphatic imine (C=N–C) groups is 1. The summed E-state index contributed by atoms with van der Waals surface area (Å²) in [7, 11) is 1.73. The average Bonchev–Trinajstić information content (AvgIpc) is 3.13. The van der Waals surface area contributed by atoms with Crippen LogP contribution >= 0.6 is 0 Å². The quantitative estimate of drug-likeness (QED) is 0.416. The summed E-state index contributed by atoms with van der Waals surface area (Å²) in [6, 6.07) is 13.5. The lowest BCUT2D eigenvalue weighted by molar-refractivity contribution is 0.0636. The van der Waals surface area contributed by atoms with Crippen LogP contribution in [0.25, 0.3) is 5.65 Å². The highest BCUT2D eigenvalue weighted by molar-refractivity contribution is 5.84. The maximum Gasteiger partial charge on any atom is 0.412 e. The third-order valence-electron chi connectivity index (χ3n) is 4.33. The van der Waals surface area contributed by atoms with Crippen LogP contribution in [-0.2, 0) is 17.7 Å². The molecule has 0 saturated carbocycles. The second-order valence-corrected chi connectivity index (χ2v) is 7.97. The minimum atomic E-state index is -0.524. The first-order chi connectivity index (χ1) is 14.8. The van der Waals surface area contributed by atoms with Crippen molar-refractivity contribution in [2.24, 2.45) is 4.99 Å². The van der Waals surface area contributed by atoms with Gasteiger partial charge in [0.05, 0.1) is 6.54 Å². The molecule has 1 amide bonds. The number of rotatable bonds is 6. The first kappa shape index (κ1) is 22.1. The highest BCUT2D eigenvalue weighted by atomic mass is 16.6. The summed E-state index contributed by atoms with van der Waals surface area (Å²) in [6.07, 6.45) is 2.28. The van der Waals surface area contributed by atoms with E-state index in [4.69, 9.17) is 4.74 Å². The fourth-order valence-corrected chi connectivity index (χ4v) is 2.90. The number of fused-ring (bicyclic) bond motifs is 1. The van der Waals surface area contributed by atoms with Gasteiger partial charge in [-0.15, -0.1) is 10.2 Å². The van der Waals surface area contributed by atoms with Crippen molar-refractivity contribution in [1.29, 1.82) is 0 Å². The largest absolute Gasteiger partial charge is 0.444 e. The minimum Gasteiger partial charge on any atom is -0.444 e. The highest BCUT2D eigenvalue weighted by Gasteiger charge is 2.16. The molecular weight excluding hydrogens is 394 g/mol. The van der Waals surface area contributed by atoms with E-state index >= 15 is 0 Å². The van der Waals surface area contributed by atoms with E-state index in [9.17, 15) is 4.79 Å². The SMILES string of the molecule is CN=C(NCCc1ccc(NC(=O)OC(C)(C)C)cc1)NCc1nnc2ccccn12. The number of carbonyl (C=O) groups excluding carboxylic acids is 1. The molecule has 0 aliphatic rings. The molecule has 3 N–H and O–H groups in total. The molecule has 31 heavy (non-hydrogen) atoms. The molecule has 1 aromatic carbocycles. The number of nitrogens with one attached hydrogen (secondary N) is 3. The van der Waals surface area contributed by atoms with Crippen molar-refractivity contribution in [3.63, 3.8) is 0 Å². The Labute approximate surface area is 181 Å². The zero-order chi connectivity index (χ0) is 22.3. The molecule has 0 fully saturated rings. The fourth-order valence-electron chi connectivity index (χ4n) is 2.90. The predicted molar refractivity (Wildman–Crippen MR) is 121 cm³/mol. The van der Waals surface area contributed by atoms with Gasteiger partial charge >= 0.3 is 6.09 Å². The molecule has 9 heteroatoms. The number of hydrogen-bond acceptors (Lipinski definition) is 5. The lowest BCUT2D eigenvalue weighted by atomic mass is 10.1. The van der Waals surface area contributed by atoms with E-state index in [0.29, 0.717) is 24.7 Å². The Bertz CT molecular complexity index is 1040. The zero-order valence-electron chi connectivity index (χ0n) is 18.3. The molecule has 0 atom stereocenters. The molecule has 2 heterocycles. The number of anilines is 1. The molecule has 0 spiro atoms. The molecule has 3 rings (SSSR count). The van der Waals surface area contributed by atoms with Crippen molar-refractivity contribution in [3.05, 3.63) is 60.0 Å². The fraction of sp³-hybridized carbons (Fsp3) is 0.364. The summed E-state index contributed by atoms with van der Waals surface area (Å²) >= 11 is 0. The summed E-state index contributed by atoms with van der Waals surface area (Å²) in [5, 5.41) is 17.6. The van der Waals surface area contributed by atoms with Crippen LogP contribution in [0.1, 0.15) is 32.2 Å². The van der Waals surface area contributed by atoms with Crippen LogP contribution in [0, 0.1) is 0 Å². The van der Waals surface area contributed by atoms with Crippen molar-refractivity contribution in [2.45, 2.75) is 39.3 Å². The van der Waals surface area contributed by atoms with Gasteiger partial charge in [0.25, 0.3) is 0 Å². The normalized spacial score (nSPS) is 11.9. The van der Waals surface area contributed by atoms with Gasteiger partial charge in [0, 0.05) is 25.5 Å². The second kappa shape index (κ2) is 9.92. The molecule has 3 aromatic rings. The Kier molecular flexibility index (Phi) is 7.07. The number of carbonyl (C=O) groups is 1. The van der Waals surface area contributed by atoms with Gasteiger partial charge in [-0.1, -0.05) is 18.2 Å². The molecule has 0 unspecified atom stereocenters. The number of aromatic nitrogens is 3. The minimum absolute atomic E-state index is 0.461. The summed E-state index contributed by atoms with van der Waals surface area (Å²) in [5.41, 5.74) is 2.13. The molecule has 164 valence electrons. The Balaban J connectivity index is 1.43. The summed E-state index contributed by atoms with van der Waals surface area (Å²) in [5.74, 6) is 1.50. The van der Waals surface area contributed by atoms with E-state index in [1.165, 1.54) is 0 Å². The van der Waals surface area contributed by atoms with Crippen LogP contribution < -0.4 is 16.0 Å². The van der Waals surface area contributed by atoms with Crippen molar-refractivity contribution in [3.8, 4) is 0 Å². The number of pyridine rings is 1. The third kappa shape index (κ3) is 6.70. The molecule has 9 nitrogen and oxygen atoms in total. The van der Waals surface area contributed by atoms with Crippen molar-refractivity contribution < 1.29 is 9.53 Å². The van der Waals surface area contributed by atoms with E-state index in [-0.39, 0.29) is 0 Å². The predicted octanol–water partition coefficient (Wildman–Crippen LogP) is 2.98. The number of ether oxygens (including phenoxy) is 1. The van der Waals surface area contributed by atoms with Gasteiger partial charge in [0.2, 0.25) is 0 Å². The molecule has 0 aliphatic carbocycles. The van der Waals surface area contributed by atoms with Gasteiger partial charge in [-0.05, 0) is 57.0 Å². The van der Waals surface area contributed by atoms with Crippen molar-refractivity contribution >= 4 is 23.4 Å². The van der Waals surface area contributed by atoms with Gasteiger partial charge in [-0.25, -0.2) is 4.79 Å². The molecule has 0 radical (unpaired) electrons. The van der Waals surface area contributed by atoms with Crippen LogP contribution in [0.5, 0.6) is 0 Å². The van der Waals surface area contributed by atoms with Crippen LogP contribution in [0.2, 0.25) is 0 Å². The van der Waals surface area contributed by atoms with Gasteiger partial charge in [0.1, 0.15) is 5.60 Å². The smallest absolute Gasteiger partial charge is 0.412 e. The molecule has 2 aromatic heterocycles. The monoisotopic (exact) mass is 423 g/mol. The molecular formula is C22H29N7O2. The standard InChI is InChI=1S/C22H29N7O2/c1-22(2,3)31-21(30)26-17-10-8-16(9-11-17)12-13-24-20(23-4)25-15-19-28-27-18-7-5-6-14-29(18)19/h5-11,14H,12-13,15H2,1-4H3,(H,26,30)(H2,23,24,25). The van der Waals surface area contributed by atoms with Gasteiger partial charge < -0.3 is 15.4 Å². The van der Waals surface area contributed by atoms with E-state index in [1.807, 2.05) is 73.8 Å². The summed E-state index contributed by atoms with van der Waals surface area (Å²) in [6.45, 7) is 6.72. The number of hydrogen-bond donors (Lipinski definition) is 3. The van der Waals surface area contributed by atoms with Crippen LogP contribution in [0.15, 0.2) is 53.7 Å². The number of guanidine groups is 1. The molecule has 0 saturated heterocycles. The van der Waals surface area contributed by atoms with E-state index in [2.05, 4.69) is 31.1 Å². The maximum atomic E-state index is 11.8. The van der Waals surface area contributed by atoms with E-state index < -0.39 is 11.7 Å². The first-order valence-electron chi connectivity index (χ1n) is 10.2.